The highest BCUT2D eigenvalue weighted by Gasteiger charge is 2.14. The number of fused-ring (bicyclic) bond motifs is 1. The number of amides is 1. The lowest BCUT2D eigenvalue weighted by atomic mass is 10.1. The lowest BCUT2D eigenvalue weighted by molar-refractivity contribution is -0.121. The van der Waals surface area contributed by atoms with Crippen LogP contribution in [0.5, 0.6) is 11.5 Å². The summed E-state index contributed by atoms with van der Waals surface area (Å²) in [5.41, 5.74) is 4.01. The molecular weight excluding hydrogens is 394 g/mol. The molecule has 3 aromatic rings. The van der Waals surface area contributed by atoms with Gasteiger partial charge in [-0.3, -0.25) is 4.79 Å². The molecule has 0 unspecified atom stereocenters. The Bertz CT molecular complexity index is 1060. The Labute approximate surface area is 183 Å². The third-order valence-corrected chi connectivity index (χ3v) is 5.10. The molecule has 0 saturated heterocycles. The van der Waals surface area contributed by atoms with Crippen LogP contribution in [0.25, 0.3) is 5.78 Å². The van der Waals surface area contributed by atoms with E-state index in [1.54, 1.807) is 4.52 Å². The molecule has 1 aromatic carbocycles. The van der Waals surface area contributed by atoms with Gasteiger partial charge in [0, 0.05) is 24.4 Å². The average Bonchev–Trinajstić information content (AvgIpc) is 3.10. The van der Waals surface area contributed by atoms with Crippen LogP contribution in [0.1, 0.15) is 48.6 Å². The smallest absolute Gasteiger partial charge is 0.252 e. The first-order valence-corrected chi connectivity index (χ1v) is 10.8. The maximum Gasteiger partial charge on any atom is 0.252 e. The predicted molar refractivity (Wildman–Crippen MR) is 119 cm³/mol. The predicted octanol–water partition coefficient (Wildman–Crippen LogP) is 3.14. The van der Waals surface area contributed by atoms with Crippen molar-refractivity contribution in [3.05, 3.63) is 46.5 Å². The molecule has 8 nitrogen and oxygen atoms in total. The van der Waals surface area contributed by atoms with E-state index in [4.69, 9.17) is 9.47 Å². The molecule has 0 radical (unpaired) electrons. The molecule has 0 fully saturated rings. The number of aromatic nitrogens is 4. The topological polar surface area (TPSA) is 90.6 Å². The van der Waals surface area contributed by atoms with E-state index in [0.717, 1.165) is 40.4 Å². The van der Waals surface area contributed by atoms with Crippen molar-refractivity contribution >= 4 is 11.7 Å². The molecule has 2 heterocycles. The SMILES string of the molecule is CCOc1ccc(CCNC(=O)CCc2c(C)nc3nc(C)nn3c2C)cc1OCC. The van der Waals surface area contributed by atoms with E-state index >= 15 is 0 Å². The number of carbonyl (C=O) groups is 1. The fourth-order valence-electron chi connectivity index (χ4n) is 3.59. The van der Waals surface area contributed by atoms with Gasteiger partial charge in [-0.1, -0.05) is 6.07 Å². The minimum atomic E-state index is 0.0182. The Morgan fingerprint density at radius 2 is 1.77 bits per heavy atom. The van der Waals surface area contributed by atoms with E-state index in [1.807, 2.05) is 52.8 Å². The summed E-state index contributed by atoms with van der Waals surface area (Å²) in [5.74, 6) is 2.79. The molecule has 1 amide bonds. The van der Waals surface area contributed by atoms with E-state index in [-0.39, 0.29) is 5.91 Å². The zero-order valence-electron chi connectivity index (χ0n) is 19.0. The third kappa shape index (κ3) is 5.51. The normalized spacial score (nSPS) is 11.0. The second-order valence-electron chi connectivity index (χ2n) is 7.38. The number of rotatable bonds is 10. The van der Waals surface area contributed by atoms with Gasteiger partial charge in [-0.15, -0.1) is 0 Å². The minimum Gasteiger partial charge on any atom is -0.490 e. The molecule has 0 bridgehead atoms. The summed E-state index contributed by atoms with van der Waals surface area (Å²) in [6, 6.07) is 5.91. The Morgan fingerprint density at radius 1 is 1.03 bits per heavy atom. The second-order valence-corrected chi connectivity index (χ2v) is 7.38. The van der Waals surface area contributed by atoms with Crippen LogP contribution in [0.2, 0.25) is 0 Å². The van der Waals surface area contributed by atoms with Crippen LogP contribution in [0.15, 0.2) is 18.2 Å². The Kier molecular flexibility index (Phi) is 7.44. The molecule has 31 heavy (non-hydrogen) atoms. The number of nitrogens with zero attached hydrogens (tertiary/aromatic N) is 4. The van der Waals surface area contributed by atoms with Gasteiger partial charge < -0.3 is 14.8 Å². The summed E-state index contributed by atoms with van der Waals surface area (Å²) < 4.78 is 13.0. The molecule has 0 saturated carbocycles. The number of nitrogens with one attached hydrogen (secondary N) is 1. The van der Waals surface area contributed by atoms with Crippen molar-refractivity contribution in [2.75, 3.05) is 19.8 Å². The van der Waals surface area contributed by atoms with Crippen molar-refractivity contribution in [3.63, 3.8) is 0 Å². The zero-order chi connectivity index (χ0) is 22.4. The number of carbonyl (C=O) groups excluding carboxylic acids is 1. The van der Waals surface area contributed by atoms with Crippen LogP contribution < -0.4 is 14.8 Å². The number of benzene rings is 1. The minimum absolute atomic E-state index is 0.0182. The van der Waals surface area contributed by atoms with Gasteiger partial charge in [0.1, 0.15) is 5.82 Å². The van der Waals surface area contributed by atoms with Gasteiger partial charge in [0.15, 0.2) is 11.5 Å². The Hall–Kier alpha value is -3.16. The largest absolute Gasteiger partial charge is 0.490 e. The first-order chi connectivity index (χ1) is 14.9. The van der Waals surface area contributed by atoms with Gasteiger partial charge in [0.2, 0.25) is 5.91 Å². The van der Waals surface area contributed by atoms with Crippen molar-refractivity contribution in [1.29, 1.82) is 0 Å². The van der Waals surface area contributed by atoms with Crippen LogP contribution in [0.3, 0.4) is 0 Å². The van der Waals surface area contributed by atoms with Gasteiger partial charge in [-0.25, -0.2) is 9.50 Å². The van der Waals surface area contributed by atoms with Gasteiger partial charge in [-0.2, -0.15) is 10.1 Å². The standard InChI is InChI=1S/C23H31N5O3/c1-6-30-20-10-8-18(14-21(20)31-7-2)12-13-24-22(29)11-9-19-15(3)25-23-26-17(5)27-28(23)16(19)4/h8,10,14H,6-7,9,11-13H2,1-5H3,(H,24,29). The van der Waals surface area contributed by atoms with Crippen molar-refractivity contribution in [1.82, 2.24) is 24.9 Å². The zero-order valence-corrected chi connectivity index (χ0v) is 19.0. The molecule has 8 heteroatoms. The third-order valence-electron chi connectivity index (χ3n) is 5.10. The Morgan fingerprint density at radius 3 is 2.52 bits per heavy atom. The quantitative estimate of drug-likeness (QED) is 0.537. The monoisotopic (exact) mass is 425 g/mol. The van der Waals surface area contributed by atoms with Crippen LogP contribution in [-0.4, -0.2) is 45.2 Å². The van der Waals surface area contributed by atoms with E-state index in [2.05, 4.69) is 20.4 Å². The summed E-state index contributed by atoms with van der Waals surface area (Å²) in [7, 11) is 0. The number of ether oxygens (including phenoxy) is 2. The van der Waals surface area contributed by atoms with Gasteiger partial charge >= 0.3 is 0 Å². The van der Waals surface area contributed by atoms with Crippen molar-refractivity contribution < 1.29 is 14.3 Å². The second kappa shape index (κ2) is 10.2. The number of hydrogen-bond donors (Lipinski definition) is 1. The van der Waals surface area contributed by atoms with E-state index in [9.17, 15) is 4.79 Å². The van der Waals surface area contributed by atoms with E-state index in [1.165, 1.54) is 0 Å². The molecule has 0 spiro atoms. The first kappa shape index (κ1) is 22.5. The fourth-order valence-corrected chi connectivity index (χ4v) is 3.59. The van der Waals surface area contributed by atoms with Crippen LogP contribution in [0.4, 0.5) is 0 Å². The van der Waals surface area contributed by atoms with Crippen LogP contribution in [0, 0.1) is 20.8 Å². The average molecular weight is 426 g/mol. The maximum atomic E-state index is 12.4. The van der Waals surface area contributed by atoms with E-state index < -0.39 is 0 Å². The molecule has 0 aliphatic rings. The molecule has 0 aliphatic carbocycles. The van der Waals surface area contributed by atoms with Crippen molar-refractivity contribution in [2.24, 2.45) is 0 Å². The van der Waals surface area contributed by atoms with Crippen molar-refractivity contribution in [3.8, 4) is 11.5 Å². The number of aryl methyl sites for hydroxylation is 3. The molecule has 0 atom stereocenters. The van der Waals surface area contributed by atoms with E-state index in [0.29, 0.717) is 44.2 Å². The van der Waals surface area contributed by atoms with Gasteiger partial charge in [0.25, 0.3) is 5.78 Å². The van der Waals surface area contributed by atoms with Crippen LogP contribution in [-0.2, 0) is 17.6 Å². The molecular formula is C23H31N5O3. The van der Waals surface area contributed by atoms with Gasteiger partial charge in [0.05, 0.1) is 13.2 Å². The summed E-state index contributed by atoms with van der Waals surface area (Å²) in [5, 5.41) is 7.39. The highest BCUT2D eigenvalue weighted by molar-refractivity contribution is 5.76. The number of hydrogen-bond acceptors (Lipinski definition) is 6. The first-order valence-electron chi connectivity index (χ1n) is 10.8. The fraction of sp³-hybridized carbons (Fsp3) is 0.478. The molecule has 1 N–H and O–H groups in total. The lowest BCUT2D eigenvalue weighted by Gasteiger charge is -2.13. The van der Waals surface area contributed by atoms with Crippen LogP contribution >= 0.6 is 0 Å². The highest BCUT2D eigenvalue weighted by atomic mass is 16.5. The lowest BCUT2D eigenvalue weighted by Crippen LogP contribution is -2.26. The summed E-state index contributed by atoms with van der Waals surface area (Å²) in [6.07, 6.45) is 1.74. The molecule has 2 aromatic heterocycles. The summed E-state index contributed by atoms with van der Waals surface area (Å²) in [4.78, 5) is 21.2. The molecule has 3 rings (SSSR count). The summed E-state index contributed by atoms with van der Waals surface area (Å²) >= 11 is 0. The molecule has 166 valence electrons. The molecule has 0 aliphatic heterocycles. The highest BCUT2D eigenvalue weighted by Crippen LogP contribution is 2.28. The summed E-state index contributed by atoms with van der Waals surface area (Å²) in [6.45, 7) is 11.4. The van der Waals surface area contributed by atoms with Gasteiger partial charge in [-0.05, 0) is 70.7 Å². The van der Waals surface area contributed by atoms with Crippen molar-refractivity contribution in [2.45, 2.75) is 53.9 Å². The Balaban J connectivity index is 1.54. The maximum absolute atomic E-state index is 12.4.